The number of likely N-dealkylation sites (tertiary alicyclic amines) is 1. The maximum atomic E-state index is 13.4. The van der Waals surface area contributed by atoms with Crippen molar-refractivity contribution in [2.24, 2.45) is 5.92 Å². The Morgan fingerprint density at radius 1 is 1.44 bits per heavy atom. The van der Waals surface area contributed by atoms with Crippen LogP contribution in [-0.4, -0.2) is 42.0 Å². The first kappa shape index (κ1) is 13.1. The Kier molecular flexibility index (Phi) is 4.04. The number of Topliss-reactive ketones (excluding diaryl/α,β-unsaturated/α-hetero) is 1. The third kappa shape index (κ3) is 2.91. The molecule has 1 aliphatic rings. The summed E-state index contributed by atoms with van der Waals surface area (Å²) >= 11 is 0. The number of hydrogen-bond acceptors (Lipinski definition) is 3. The molecule has 1 N–H and O–H groups in total. The smallest absolute Gasteiger partial charge is 0.179 e. The summed E-state index contributed by atoms with van der Waals surface area (Å²) in [6.45, 7) is 1.49. The fourth-order valence-corrected chi connectivity index (χ4v) is 2.20. The Hall–Kier alpha value is -1.33. The largest absolute Gasteiger partial charge is 0.396 e. The minimum absolute atomic E-state index is 0.0663. The lowest BCUT2D eigenvalue weighted by atomic mass is 10.1. The van der Waals surface area contributed by atoms with Gasteiger partial charge in [0, 0.05) is 13.2 Å². The van der Waals surface area contributed by atoms with Gasteiger partial charge in [0.2, 0.25) is 0 Å². The molecule has 0 bridgehead atoms. The molecule has 1 fully saturated rings. The van der Waals surface area contributed by atoms with Crippen LogP contribution < -0.4 is 0 Å². The predicted octanol–water partition coefficient (Wildman–Crippen LogP) is 1.46. The van der Waals surface area contributed by atoms with Crippen molar-refractivity contribution in [3.05, 3.63) is 35.4 Å². The molecule has 0 aromatic heterocycles. The quantitative estimate of drug-likeness (QED) is 0.828. The molecule has 1 aromatic rings. The fraction of sp³-hybridized carbons (Fsp3) is 0.462. The van der Waals surface area contributed by atoms with Crippen LogP contribution in [0.4, 0.5) is 8.78 Å². The lowest BCUT2D eigenvalue weighted by Gasteiger charge is -2.14. The monoisotopic (exact) mass is 255 g/mol. The van der Waals surface area contributed by atoms with Gasteiger partial charge in [-0.1, -0.05) is 0 Å². The van der Waals surface area contributed by atoms with Crippen LogP contribution in [0.5, 0.6) is 0 Å². The summed E-state index contributed by atoms with van der Waals surface area (Å²) in [5.41, 5.74) is -0.206. The highest BCUT2D eigenvalue weighted by Gasteiger charge is 2.24. The molecular formula is C13H15F2NO2. The highest BCUT2D eigenvalue weighted by molar-refractivity contribution is 5.97. The second kappa shape index (κ2) is 5.54. The molecule has 18 heavy (non-hydrogen) atoms. The van der Waals surface area contributed by atoms with Gasteiger partial charge in [-0.15, -0.1) is 0 Å². The fourth-order valence-electron chi connectivity index (χ4n) is 2.20. The number of aliphatic hydroxyl groups excluding tert-OH is 1. The Morgan fingerprint density at radius 3 is 2.89 bits per heavy atom. The van der Waals surface area contributed by atoms with E-state index in [4.69, 9.17) is 5.11 Å². The molecule has 0 amide bonds. The number of carbonyl (C=O) groups is 1. The van der Waals surface area contributed by atoms with E-state index in [0.29, 0.717) is 13.1 Å². The SMILES string of the molecule is O=C(CN1CCC(CO)C1)c1cc(F)ccc1F. The standard InChI is InChI=1S/C13H15F2NO2/c14-10-1-2-12(15)11(5-10)13(18)7-16-4-3-9(6-16)8-17/h1-2,5,9,17H,3-4,6-8H2. The number of ketones is 1. The van der Waals surface area contributed by atoms with E-state index in [1.165, 1.54) is 0 Å². The van der Waals surface area contributed by atoms with Gasteiger partial charge in [0.25, 0.3) is 0 Å². The van der Waals surface area contributed by atoms with Crippen LogP contribution in [0.2, 0.25) is 0 Å². The molecule has 3 nitrogen and oxygen atoms in total. The van der Waals surface area contributed by atoms with Gasteiger partial charge < -0.3 is 5.11 Å². The zero-order valence-electron chi connectivity index (χ0n) is 9.90. The van der Waals surface area contributed by atoms with Gasteiger partial charge in [0.1, 0.15) is 11.6 Å². The normalized spacial score (nSPS) is 20.3. The summed E-state index contributed by atoms with van der Waals surface area (Å²) in [4.78, 5) is 13.7. The van der Waals surface area contributed by atoms with Crippen molar-refractivity contribution >= 4 is 5.78 Å². The van der Waals surface area contributed by atoms with Crippen LogP contribution >= 0.6 is 0 Å². The van der Waals surface area contributed by atoms with E-state index in [-0.39, 0.29) is 24.6 Å². The summed E-state index contributed by atoms with van der Waals surface area (Å²) in [6, 6.07) is 2.88. The summed E-state index contributed by atoms with van der Waals surface area (Å²) < 4.78 is 26.4. The van der Waals surface area contributed by atoms with Gasteiger partial charge in [-0.2, -0.15) is 0 Å². The Labute approximate surface area is 104 Å². The lowest BCUT2D eigenvalue weighted by Crippen LogP contribution is -2.28. The van der Waals surface area contributed by atoms with E-state index in [1.807, 2.05) is 4.90 Å². The lowest BCUT2D eigenvalue weighted by molar-refractivity contribution is 0.0936. The van der Waals surface area contributed by atoms with Gasteiger partial charge >= 0.3 is 0 Å². The average Bonchev–Trinajstić information content (AvgIpc) is 2.80. The molecule has 1 aliphatic heterocycles. The van der Waals surface area contributed by atoms with Crippen molar-refractivity contribution in [3.8, 4) is 0 Å². The summed E-state index contributed by atoms with van der Waals surface area (Å²) in [7, 11) is 0. The molecule has 1 saturated heterocycles. The van der Waals surface area contributed by atoms with E-state index in [1.54, 1.807) is 0 Å². The number of benzene rings is 1. The van der Waals surface area contributed by atoms with E-state index in [2.05, 4.69) is 0 Å². The van der Waals surface area contributed by atoms with Crippen molar-refractivity contribution in [2.45, 2.75) is 6.42 Å². The number of nitrogens with zero attached hydrogens (tertiary/aromatic N) is 1. The second-order valence-electron chi connectivity index (χ2n) is 4.62. The molecule has 1 heterocycles. The molecule has 0 saturated carbocycles. The maximum absolute atomic E-state index is 13.4. The first-order chi connectivity index (χ1) is 8.60. The van der Waals surface area contributed by atoms with Crippen LogP contribution in [0.15, 0.2) is 18.2 Å². The first-order valence-electron chi connectivity index (χ1n) is 5.91. The third-order valence-electron chi connectivity index (χ3n) is 3.22. The molecule has 98 valence electrons. The molecule has 0 radical (unpaired) electrons. The van der Waals surface area contributed by atoms with Crippen molar-refractivity contribution in [1.29, 1.82) is 0 Å². The van der Waals surface area contributed by atoms with Gasteiger partial charge in [-0.25, -0.2) is 8.78 Å². The topological polar surface area (TPSA) is 40.5 Å². The molecule has 2 rings (SSSR count). The van der Waals surface area contributed by atoms with Crippen LogP contribution in [0, 0.1) is 17.6 Å². The first-order valence-corrected chi connectivity index (χ1v) is 5.91. The minimum atomic E-state index is -0.695. The highest BCUT2D eigenvalue weighted by atomic mass is 19.1. The van der Waals surface area contributed by atoms with E-state index >= 15 is 0 Å². The summed E-state index contributed by atoms with van der Waals surface area (Å²) in [6.07, 6.45) is 0.829. The molecule has 1 unspecified atom stereocenters. The van der Waals surface area contributed by atoms with Gasteiger partial charge in [-0.05, 0) is 37.1 Å². The Balaban J connectivity index is 2.02. The van der Waals surface area contributed by atoms with Crippen LogP contribution in [-0.2, 0) is 0 Å². The number of rotatable bonds is 4. The number of halogens is 2. The van der Waals surface area contributed by atoms with Crippen LogP contribution in [0.25, 0.3) is 0 Å². The second-order valence-corrected chi connectivity index (χ2v) is 4.62. The number of carbonyl (C=O) groups excluding carboxylic acids is 1. The third-order valence-corrected chi connectivity index (χ3v) is 3.22. The molecule has 0 aliphatic carbocycles. The number of hydrogen-bond donors (Lipinski definition) is 1. The van der Waals surface area contributed by atoms with Gasteiger partial charge in [0.15, 0.2) is 5.78 Å². The van der Waals surface area contributed by atoms with Crippen molar-refractivity contribution < 1.29 is 18.7 Å². The van der Waals surface area contributed by atoms with Crippen molar-refractivity contribution in [2.75, 3.05) is 26.2 Å². The Morgan fingerprint density at radius 2 is 2.22 bits per heavy atom. The predicted molar refractivity (Wildman–Crippen MR) is 62.3 cm³/mol. The van der Waals surface area contributed by atoms with Gasteiger partial charge in [-0.3, -0.25) is 9.69 Å². The zero-order valence-corrected chi connectivity index (χ0v) is 9.90. The Bertz CT molecular complexity index is 451. The average molecular weight is 255 g/mol. The van der Waals surface area contributed by atoms with Crippen molar-refractivity contribution in [1.82, 2.24) is 4.90 Å². The zero-order chi connectivity index (χ0) is 13.1. The van der Waals surface area contributed by atoms with E-state index in [9.17, 15) is 13.6 Å². The summed E-state index contributed by atoms with van der Waals surface area (Å²) in [5.74, 6) is -1.56. The summed E-state index contributed by atoms with van der Waals surface area (Å²) in [5, 5.41) is 8.99. The van der Waals surface area contributed by atoms with Crippen LogP contribution in [0.3, 0.4) is 0 Å². The number of aliphatic hydroxyl groups is 1. The maximum Gasteiger partial charge on any atom is 0.179 e. The molecule has 1 atom stereocenters. The molecule has 5 heteroatoms. The van der Waals surface area contributed by atoms with Crippen LogP contribution in [0.1, 0.15) is 16.8 Å². The van der Waals surface area contributed by atoms with Gasteiger partial charge in [0.05, 0.1) is 12.1 Å². The molecule has 1 aromatic carbocycles. The molecule has 0 spiro atoms. The van der Waals surface area contributed by atoms with E-state index in [0.717, 1.165) is 24.6 Å². The minimum Gasteiger partial charge on any atom is -0.396 e. The van der Waals surface area contributed by atoms with Crippen molar-refractivity contribution in [3.63, 3.8) is 0 Å². The molecular weight excluding hydrogens is 240 g/mol. The van der Waals surface area contributed by atoms with E-state index < -0.39 is 17.4 Å². The highest BCUT2D eigenvalue weighted by Crippen LogP contribution is 2.17.